The number of morpholine rings is 1. The normalized spacial score (nSPS) is 15.1. The van der Waals surface area contributed by atoms with E-state index >= 15 is 0 Å². The quantitative estimate of drug-likeness (QED) is 0.461. The number of nitrogens with one attached hydrogen (secondary N) is 1. The van der Waals surface area contributed by atoms with E-state index in [9.17, 15) is 13.2 Å². The smallest absolute Gasteiger partial charge is 0.248 e. The Bertz CT molecular complexity index is 1000. The van der Waals surface area contributed by atoms with Gasteiger partial charge >= 0.3 is 0 Å². The van der Waals surface area contributed by atoms with Crippen LogP contribution in [0, 0.1) is 0 Å². The number of anilines is 1. The molecule has 2 heterocycles. The van der Waals surface area contributed by atoms with E-state index in [1.165, 1.54) is 22.5 Å². The van der Waals surface area contributed by atoms with Gasteiger partial charge in [0.2, 0.25) is 21.8 Å². The summed E-state index contributed by atoms with van der Waals surface area (Å²) in [6.45, 7) is 2.19. The molecule has 1 aromatic carbocycles. The minimum Gasteiger partial charge on any atom is -0.474 e. The number of hydrogen-bond donors (Lipinski definition) is 1. The van der Waals surface area contributed by atoms with Crippen LogP contribution in [0.3, 0.4) is 0 Å². The molecule has 3 rings (SSSR count). The molecular formula is C21H25N3O6S. The fraction of sp³-hybridized carbons (Fsp3) is 0.333. The summed E-state index contributed by atoms with van der Waals surface area (Å²) in [6.07, 6.45) is 4.53. The lowest BCUT2D eigenvalue weighted by molar-refractivity contribution is -0.111. The van der Waals surface area contributed by atoms with Crippen LogP contribution < -0.4 is 10.1 Å². The minimum absolute atomic E-state index is 0.212. The number of carbonyl (C=O) groups is 1. The molecule has 0 spiro atoms. The minimum atomic E-state index is -3.55. The van der Waals surface area contributed by atoms with Crippen molar-refractivity contribution in [2.45, 2.75) is 4.90 Å². The van der Waals surface area contributed by atoms with Gasteiger partial charge in [-0.15, -0.1) is 0 Å². The molecule has 0 radical (unpaired) electrons. The molecule has 0 aliphatic carbocycles. The van der Waals surface area contributed by atoms with E-state index in [-0.39, 0.29) is 10.8 Å². The van der Waals surface area contributed by atoms with E-state index in [0.717, 1.165) is 0 Å². The van der Waals surface area contributed by atoms with Crippen LogP contribution in [-0.2, 0) is 24.3 Å². The van der Waals surface area contributed by atoms with Crippen LogP contribution in [0.25, 0.3) is 6.08 Å². The largest absolute Gasteiger partial charge is 0.474 e. The number of methoxy groups -OCH3 is 1. The Morgan fingerprint density at radius 2 is 1.94 bits per heavy atom. The Balaban J connectivity index is 1.61. The van der Waals surface area contributed by atoms with Gasteiger partial charge in [0.1, 0.15) is 12.3 Å². The SMILES string of the molecule is COCCOc1ncccc1NC(=O)/C=C/c1ccc(S(=O)(=O)N2CCOCC2)cc1. The topological polar surface area (TPSA) is 107 Å². The van der Waals surface area contributed by atoms with E-state index in [0.29, 0.717) is 56.6 Å². The number of nitrogens with zero attached hydrogens (tertiary/aromatic N) is 2. The molecule has 0 unspecified atom stereocenters. The standard InChI is InChI=1S/C21H25N3O6S/c1-28-15-16-30-21-19(3-2-10-22-21)23-20(25)9-6-17-4-7-18(8-5-17)31(26,27)24-11-13-29-14-12-24/h2-10H,11-16H2,1H3,(H,23,25)/b9-6+. The molecule has 1 aliphatic heterocycles. The van der Waals surface area contributed by atoms with Crippen LogP contribution in [0.15, 0.2) is 53.6 Å². The van der Waals surface area contributed by atoms with Gasteiger partial charge in [0.25, 0.3) is 0 Å². The van der Waals surface area contributed by atoms with E-state index < -0.39 is 10.0 Å². The average molecular weight is 448 g/mol. The molecule has 1 saturated heterocycles. The van der Waals surface area contributed by atoms with Crippen LogP contribution in [0.5, 0.6) is 5.88 Å². The number of rotatable bonds is 9. The van der Waals surface area contributed by atoms with Gasteiger partial charge in [-0.1, -0.05) is 12.1 Å². The Morgan fingerprint density at radius 3 is 2.65 bits per heavy atom. The number of sulfonamides is 1. The number of hydrogen-bond acceptors (Lipinski definition) is 7. The van der Waals surface area contributed by atoms with Crippen molar-refractivity contribution in [3.8, 4) is 5.88 Å². The average Bonchev–Trinajstić information content (AvgIpc) is 2.80. The van der Waals surface area contributed by atoms with Crippen LogP contribution in [0.4, 0.5) is 5.69 Å². The van der Waals surface area contributed by atoms with Crippen LogP contribution in [0.2, 0.25) is 0 Å². The monoisotopic (exact) mass is 447 g/mol. The summed E-state index contributed by atoms with van der Waals surface area (Å²) in [7, 11) is -1.98. The third-order valence-corrected chi connectivity index (χ3v) is 6.38. The van der Waals surface area contributed by atoms with E-state index in [1.54, 1.807) is 43.6 Å². The van der Waals surface area contributed by atoms with Crippen molar-refractivity contribution in [2.75, 3.05) is 51.9 Å². The van der Waals surface area contributed by atoms with Crippen molar-refractivity contribution in [1.29, 1.82) is 0 Å². The molecular weight excluding hydrogens is 422 g/mol. The molecule has 10 heteroatoms. The highest BCUT2D eigenvalue weighted by Crippen LogP contribution is 2.21. The van der Waals surface area contributed by atoms with Gasteiger partial charge in [-0.2, -0.15) is 4.31 Å². The molecule has 1 fully saturated rings. The van der Waals surface area contributed by atoms with Crippen molar-refractivity contribution in [3.63, 3.8) is 0 Å². The zero-order valence-corrected chi connectivity index (χ0v) is 18.0. The van der Waals surface area contributed by atoms with E-state index in [4.69, 9.17) is 14.2 Å². The summed E-state index contributed by atoms with van der Waals surface area (Å²) in [5, 5.41) is 2.72. The summed E-state index contributed by atoms with van der Waals surface area (Å²) in [4.78, 5) is 16.6. The van der Waals surface area contributed by atoms with Crippen molar-refractivity contribution in [1.82, 2.24) is 9.29 Å². The molecule has 9 nitrogen and oxygen atoms in total. The van der Waals surface area contributed by atoms with Crippen LogP contribution >= 0.6 is 0 Å². The summed E-state index contributed by atoms with van der Waals surface area (Å²) < 4.78 is 42.4. The Kier molecular flexibility index (Phi) is 8.13. The first-order valence-electron chi connectivity index (χ1n) is 9.74. The zero-order valence-electron chi connectivity index (χ0n) is 17.2. The van der Waals surface area contributed by atoms with Crippen molar-refractivity contribution in [3.05, 3.63) is 54.2 Å². The number of amides is 1. The molecule has 166 valence electrons. The molecule has 1 N–H and O–H groups in total. The second kappa shape index (κ2) is 11.0. The summed E-state index contributed by atoms with van der Waals surface area (Å²) >= 11 is 0. The molecule has 0 saturated carbocycles. The molecule has 2 aromatic rings. The maximum Gasteiger partial charge on any atom is 0.248 e. The number of carbonyl (C=O) groups excluding carboxylic acids is 1. The summed E-state index contributed by atoms with van der Waals surface area (Å²) in [5.41, 5.74) is 1.14. The second-order valence-electron chi connectivity index (χ2n) is 6.61. The molecule has 1 aromatic heterocycles. The predicted octanol–water partition coefficient (Wildman–Crippen LogP) is 1.78. The van der Waals surface area contributed by atoms with Gasteiger partial charge in [0.05, 0.1) is 24.7 Å². The van der Waals surface area contributed by atoms with Gasteiger partial charge < -0.3 is 19.5 Å². The van der Waals surface area contributed by atoms with Crippen molar-refractivity contribution >= 4 is 27.7 Å². The van der Waals surface area contributed by atoms with Gasteiger partial charge in [0, 0.05) is 32.5 Å². The first kappa shape index (κ1) is 22.9. The third-order valence-electron chi connectivity index (χ3n) is 4.47. The maximum absolute atomic E-state index is 12.7. The Hall–Kier alpha value is -2.79. The van der Waals surface area contributed by atoms with E-state index in [1.807, 2.05) is 0 Å². The Morgan fingerprint density at radius 1 is 1.19 bits per heavy atom. The molecule has 31 heavy (non-hydrogen) atoms. The third kappa shape index (κ3) is 6.34. The predicted molar refractivity (Wildman–Crippen MR) is 115 cm³/mol. The van der Waals surface area contributed by atoms with Gasteiger partial charge in [-0.3, -0.25) is 4.79 Å². The highest BCUT2D eigenvalue weighted by atomic mass is 32.2. The highest BCUT2D eigenvalue weighted by Gasteiger charge is 2.25. The molecule has 0 atom stereocenters. The second-order valence-corrected chi connectivity index (χ2v) is 8.54. The van der Waals surface area contributed by atoms with Crippen molar-refractivity contribution in [2.24, 2.45) is 0 Å². The van der Waals surface area contributed by atoms with Crippen LogP contribution in [0.1, 0.15) is 5.56 Å². The number of aromatic nitrogens is 1. The highest BCUT2D eigenvalue weighted by molar-refractivity contribution is 7.89. The molecule has 1 aliphatic rings. The van der Waals surface area contributed by atoms with Crippen molar-refractivity contribution < 1.29 is 27.4 Å². The maximum atomic E-state index is 12.7. The lowest BCUT2D eigenvalue weighted by Crippen LogP contribution is -2.40. The molecule has 1 amide bonds. The first-order chi connectivity index (χ1) is 15.0. The number of ether oxygens (including phenoxy) is 3. The fourth-order valence-electron chi connectivity index (χ4n) is 2.86. The first-order valence-corrected chi connectivity index (χ1v) is 11.2. The van der Waals surface area contributed by atoms with Gasteiger partial charge in [0.15, 0.2) is 0 Å². The van der Waals surface area contributed by atoms with Gasteiger partial charge in [-0.05, 0) is 35.9 Å². The number of pyridine rings is 1. The molecule has 0 bridgehead atoms. The Labute approximate surface area is 181 Å². The number of benzene rings is 1. The summed E-state index contributed by atoms with van der Waals surface area (Å²) in [5.74, 6) is -0.0615. The van der Waals surface area contributed by atoms with Crippen LogP contribution in [-0.4, -0.2) is 70.2 Å². The summed E-state index contributed by atoms with van der Waals surface area (Å²) in [6, 6.07) is 9.75. The lowest BCUT2D eigenvalue weighted by atomic mass is 10.2. The lowest BCUT2D eigenvalue weighted by Gasteiger charge is -2.26. The zero-order chi connectivity index (χ0) is 22.1. The fourth-order valence-corrected chi connectivity index (χ4v) is 4.26. The van der Waals surface area contributed by atoms with Gasteiger partial charge in [-0.25, -0.2) is 13.4 Å². The van der Waals surface area contributed by atoms with E-state index in [2.05, 4.69) is 10.3 Å².